The summed E-state index contributed by atoms with van der Waals surface area (Å²) in [6.45, 7) is -0.195. The Morgan fingerprint density at radius 3 is 2.04 bits per heavy atom. The summed E-state index contributed by atoms with van der Waals surface area (Å²) in [5.41, 5.74) is 0. The minimum Gasteiger partial charge on any atom is -0.394 e. The molecule has 10 atom stereocenters. The summed E-state index contributed by atoms with van der Waals surface area (Å²) in [5, 5.41) is 70.7. The van der Waals surface area contributed by atoms with Gasteiger partial charge in [-0.3, -0.25) is 4.79 Å². The van der Waals surface area contributed by atoms with Crippen LogP contribution in [0, 0.1) is 0 Å². The highest BCUT2D eigenvalue weighted by Gasteiger charge is 2.50. The van der Waals surface area contributed by atoms with E-state index in [4.69, 9.17) is 14.2 Å². The molecule has 26 heavy (non-hydrogen) atoms. The van der Waals surface area contributed by atoms with Crippen LogP contribution >= 0.6 is 0 Å². The Bertz CT molecular complexity index is 478. The standard InChI is InChI=1S/C14H25NO11/c1-4(18)15-7-12(9(20)6(3-17)24-13(7)23)26-14-11(22)10(21)8(19)5(2-16)25-14/h5-14,16-17,19-23H,2-3H2,1H3,(H,15,18)/t5-,6-,7-,8+,9-,10+,11-,12-,13-,14+/m1/s1. The maximum absolute atomic E-state index is 11.4. The van der Waals surface area contributed by atoms with Crippen molar-refractivity contribution in [2.24, 2.45) is 0 Å². The highest BCUT2D eigenvalue weighted by Crippen LogP contribution is 2.28. The SMILES string of the molecule is CC(=O)N[C@@H]1[C@@H](O[C@@H]2O[C@H](CO)[C@H](O)[C@H](O)[C@H]2O)[C@H](O)[C@@H](CO)O[C@H]1O. The summed E-state index contributed by atoms with van der Waals surface area (Å²) in [4.78, 5) is 11.4. The molecule has 0 spiro atoms. The Morgan fingerprint density at radius 1 is 0.923 bits per heavy atom. The zero-order valence-corrected chi connectivity index (χ0v) is 14.0. The first-order chi connectivity index (χ1) is 12.2. The fraction of sp³-hybridized carbons (Fsp3) is 0.929. The Morgan fingerprint density at radius 2 is 1.50 bits per heavy atom. The molecule has 0 aromatic heterocycles. The molecule has 1 amide bonds. The van der Waals surface area contributed by atoms with Crippen molar-refractivity contribution in [1.82, 2.24) is 5.32 Å². The second-order valence-electron chi connectivity index (χ2n) is 6.26. The van der Waals surface area contributed by atoms with E-state index < -0.39 is 80.5 Å². The first-order valence-electron chi connectivity index (χ1n) is 8.06. The number of hydrogen-bond acceptors (Lipinski definition) is 11. The minimum absolute atomic E-state index is 0.574. The summed E-state index contributed by atoms with van der Waals surface area (Å²) >= 11 is 0. The van der Waals surface area contributed by atoms with Crippen LogP contribution in [0.1, 0.15) is 6.92 Å². The van der Waals surface area contributed by atoms with Crippen LogP contribution in [0.3, 0.4) is 0 Å². The van der Waals surface area contributed by atoms with Gasteiger partial charge >= 0.3 is 0 Å². The molecular weight excluding hydrogens is 358 g/mol. The van der Waals surface area contributed by atoms with E-state index >= 15 is 0 Å². The number of nitrogens with one attached hydrogen (secondary N) is 1. The molecule has 0 aromatic carbocycles. The molecule has 8 N–H and O–H groups in total. The van der Waals surface area contributed by atoms with Gasteiger partial charge in [0.15, 0.2) is 12.6 Å². The van der Waals surface area contributed by atoms with Crippen molar-refractivity contribution in [3.63, 3.8) is 0 Å². The minimum atomic E-state index is -1.74. The lowest BCUT2D eigenvalue weighted by atomic mass is 9.95. The summed E-state index contributed by atoms with van der Waals surface area (Å²) in [5.74, 6) is -0.574. The van der Waals surface area contributed by atoms with Crippen molar-refractivity contribution in [1.29, 1.82) is 0 Å². The smallest absolute Gasteiger partial charge is 0.217 e. The summed E-state index contributed by atoms with van der Waals surface area (Å²) < 4.78 is 15.7. The summed E-state index contributed by atoms with van der Waals surface area (Å²) in [6, 6.07) is -1.28. The molecule has 2 saturated heterocycles. The van der Waals surface area contributed by atoms with Gasteiger partial charge in [0.2, 0.25) is 5.91 Å². The first kappa shape index (κ1) is 21.4. The van der Waals surface area contributed by atoms with Crippen LogP contribution < -0.4 is 5.32 Å². The Kier molecular flexibility index (Phi) is 7.27. The Labute approximate surface area is 148 Å². The lowest BCUT2D eigenvalue weighted by Gasteiger charge is -2.46. The molecule has 0 aromatic rings. The zero-order chi connectivity index (χ0) is 19.6. The Hall–Kier alpha value is -0.930. The van der Waals surface area contributed by atoms with Gasteiger partial charge in [0, 0.05) is 6.92 Å². The number of hydrogen-bond donors (Lipinski definition) is 8. The highest BCUT2D eigenvalue weighted by molar-refractivity contribution is 5.73. The second kappa shape index (κ2) is 8.84. The molecule has 0 saturated carbocycles. The fourth-order valence-electron chi connectivity index (χ4n) is 2.97. The van der Waals surface area contributed by atoms with Crippen LogP contribution in [-0.4, -0.2) is 116 Å². The molecule has 0 aliphatic carbocycles. The van der Waals surface area contributed by atoms with Gasteiger partial charge in [0.1, 0.15) is 48.8 Å². The lowest BCUT2D eigenvalue weighted by Crippen LogP contribution is -2.67. The van der Waals surface area contributed by atoms with Crippen molar-refractivity contribution in [2.75, 3.05) is 13.2 Å². The van der Waals surface area contributed by atoms with E-state index in [1.807, 2.05) is 0 Å². The van der Waals surface area contributed by atoms with Crippen molar-refractivity contribution < 1.29 is 54.8 Å². The number of amides is 1. The Balaban J connectivity index is 2.21. The third-order valence-corrected chi connectivity index (χ3v) is 4.38. The van der Waals surface area contributed by atoms with E-state index in [-0.39, 0.29) is 0 Å². The predicted octanol–water partition coefficient (Wildman–Crippen LogP) is -5.25. The van der Waals surface area contributed by atoms with Gasteiger partial charge < -0.3 is 55.3 Å². The molecule has 2 heterocycles. The normalized spacial score (nSPS) is 46.8. The van der Waals surface area contributed by atoms with Gasteiger partial charge in [-0.1, -0.05) is 0 Å². The molecule has 0 unspecified atom stereocenters. The van der Waals surface area contributed by atoms with E-state index in [9.17, 15) is 40.5 Å². The maximum Gasteiger partial charge on any atom is 0.217 e. The molecule has 12 heteroatoms. The maximum atomic E-state index is 11.4. The molecule has 2 fully saturated rings. The fourth-order valence-corrected chi connectivity index (χ4v) is 2.97. The molecule has 0 radical (unpaired) electrons. The molecule has 152 valence electrons. The number of aliphatic hydroxyl groups is 7. The number of rotatable bonds is 5. The molecule has 2 aliphatic rings. The molecular formula is C14H25NO11. The average Bonchev–Trinajstić information content (AvgIpc) is 2.60. The summed E-state index contributed by atoms with van der Waals surface area (Å²) in [6.07, 6.45) is -13.7. The number of ether oxygens (including phenoxy) is 3. The van der Waals surface area contributed by atoms with Crippen molar-refractivity contribution in [2.45, 2.75) is 68.3 Å². The monoisotopic (exact) mass is 383 g/mol. The van der Waals surface area contributed by atoms with E-state index in [0.29, 0.717) is 0 Å². The van der Waals surface area contributed by atoms with E-state index in [1.165, 1.54) is 0 Å². The molecule has 2 rings (SSSR count). The molecule has 12 nitrogen and oxygen atoms in total. The second-order valence-corrected chi connectivity index (χ2v) is 6.26. The van der Waals surface area contributed by atoms with Gasteiger partial charge in [-0.05, 0) is 0 Å². The predicted molar refractivity (Wildman–Crippen MR) is 80.2 cm³/mol. The van der Waals surface area contributed by atoms with Crippen LogP contribution in [0.15, 0.2) is 0 Å². The third-order valence-electron chi connectivity index (χ3n) is 4.38. The average molecular weight is 383 g/mol. The first-order valence-corrected chi connectivity index (χ1v) is 8.06. The number of carbonyl (C=O) groups is 1. The molecule has 0 bridgehead atoms. The summed E-state index contributed by atoms with van der Waals surface area (Å²) in [7, 11) is 0. The van der Waals surface area contributed by atoms with Crippen LogP contribution in [0.5, 0.6) is 0 Å². The third kappa shape index (κ3) is 4.31. The van der Waals surface area contributed by atoms with Crippen molar-refractivity contribution in [3.05, 3.63) is 0 Å². The van der Waals surface area contributed by atoms with Crippen LogP contribution in [0.2, 0.25) is 0 Å². The van der Waals surface area contributed by atoms with E-state index in [1.54, 1.807) is 0 Å². The largest absolute Gasteiger partial charge is 0.394 e. The van der Waals surface area contributed by atoms with Crippen LogP contribution in [0.25, 0.3) is 0 Å². The van der Waals surface area contributed by atoms with Crippen molar-refractivity contribution >= 4 is 5.91 Å². The quantitative estimate of drug-likeness (QED) is 0.226. The van der Waals surface area contributed by atoms with Crippen LogP contribution in [0.4, 0.5) is 0 Å². The van der Waals surface area contributed by atoms with E-state index in [2.05, 4.69) is 5.32 Å². The number of carbonyl (C=O) groups excluding carboxylic acids is 1. The van der Waals surface area contributed by atoms with Crippen molar-refractivity contribution in [3.8, 4) is 0 Å². The van der Waals surface area contributed by atoms with Crippen LogP contribution in [-0.2, 0) is 19.0 Å². The number of aliphatic hydroxyl groups excluding tert-OH is 7. The van der Waals surface area contributed by atoms with E-state index in [0.717, 1.165) is 6.92 Å². The lowest BCUT2D eigenvalue weighted by molar-refractivity contribution is -0.341. The topological polar surface area (TPSA) is 198 Å². The van der Waals surface area contributed by atoms with Gasteiger partial charge in [0.25, 0.3) is 0 Å². The highest BCUT2D eigenvalue weighted by atomic mass is 16.7. The zero-order valence-electron chi connectivity index (χ0n) is 14.0. The molecule has 2 aliphatic heterocycles. The van der Waals surface area contributed by atoms with Gasteiger partial charge in [-0.25, -0.2) is 0 Å². The van der Waals surface area contributed by atoms with Gasteiger partial charge in [0.05, 0.1) is 13.2 Å². The van der Waals surface area contributed by atoms with Gasteiger partial charge in [-0.2, -0.15) is 0 Å². The van der Waals surface area contributed by atoms with Gasteiger partial charge in [-0.15, -0.1) is 0 Å².